The molecule has 1 atom stereocenters. The Labute approximate surface area is 187 Å². The van der Waals surface area contributed by atoms with E-state index in [1.165, 1.54) is 0 Å². The van der Waals surface area contributed by atoms with Gasteiger partial charge in [0.15, 0.2) is 0 Å². The number of benzene rings is 2. The summed E-state index contributed by atoms with van der Waals surface area (Å²) in [7, 11) is 0. The van der Waals surface area contributed by atoms with Crippen molar-refractivity contribution in [1.82, 2.24) is 4.90 Å². The lowest BCUT2D eigenvalue weighted by Gasteiger charge is -2.36. The topological polar surface area (TPSA) is 72.9 Å². The molecule has 1 fully saturated rings. The number of amides is 1. The largest absolute Gasteiger partial charge is 0.755 e. The molecule has 6 nitrogen and oxygen atoms in total. The fourth-order valence-corrected chi connectivity index (χ4v) is 4.34. The van der Waals surface area contributed by atoms with Gasteiger partial charge in [-0.1, -0.05) is 36.4 Å². The van der Waals surface area contributed by atoms with Crippen molar-refractivity contribution in [3.8, 4) is 0 Å². The van der Waals surface area contributed by atoms with Crippen molar-refractivity contribution < 1.29 is 44.6 Å². The molecule has 0 aromatic heterocycles. The number of piperidine rings is 1. The number of rotatable bonds is 5. The summed E-state index contributed by atoms with van der Waals surface area (Å²) in [5, 5.41) is 1.53. The summed E-state index contributed by atoms with van der Waals surface area (Å²) in [6.45, 7) is -0.289. The van der Waals surface area contributed by atoms with Gasteiger partial charge >= 0.3 is 18.4 Å². The lowest BCUT2D eigenvalue weighted by atomic mass is 9.96. The Balaban J connectivity index is 1.65. The minimum absolute atomic E-state index is 0.0424. The fraction of sp³-hybridized carbons (Fsp3) is 0.450. The standard InChI is InChI=1S/C20H20F6N2O4S/c21-19(22,23)17(20(24,25)26)32-18(29)27-10-8-13(9-11-27)12-28(33(30)31)16-7-3-5-14-4-1-2-6-15(14)16/h1-7,13,17H,8-12H2,(H,30,31)/p-1. The second-order valence-corrected chi connectivity index (χ2v) is 8.43. The van der Waals surface area contributed by atoms with Crippen molar-refractivity contribution in [3.05, 3.63) is 42.5 Å². The van der Waals surface area contributed by atoms with E-state index in [0.29, 0.717) is 11.1 Å². The maximum absolute atomic E-state index is 12.6. The summed E-state index contributed by atoms with van der Waals surface area (Å²) in [5.41, 5.74) is 0.446. The van der Waals surface area contributed by atoms with E-state index in [9.17, 15) is 39.9 Å². The summed E-state index contributed by atoms with van der Waals surface area (Å²) in [6.07, 6.45) is -17.1. The number of fused-ring (bicyclic) bond motifs is 1. The van der Waals surface area contributed by atoms with Crippen LogP contribution in [0.25, 0.3) is 10.8 Å². The minimum Gasteiger partial charge on any atom is -0.755 e. The maximum Gasteiger partial charge on any atom is 0.434 e. The maximum atomic E-state index is 12.6. The fourth-order valence-electron chi connectivity index (χ4n) is 3.69. The van der Waals surface area contributed by atoms with E-state index in [-0.39, 0.29) is 38.4 Å². The average Bonchev–Trinajstić information content (AvgIpc) is 2.74. The van der Waals surface area contributed by atoms with Crippen LogP contribution in [0.2, 0.25) is 0 Å². The van der Waals surface area contributed by atoms with E-state index in [4.69, 9.17) is 0 Å². The zero-order chi connectivity index (χ0) is 24.4. The van der Waals surface area contributed by atoms with Gasteiger partial charge in [-0.2, -0.15) is 26.3 Å². The molecule has 1 heterocycles. The number of anilines is 1. The highest BCUT2D eigenvalue weighted by molar-refractivity contribution is 7.80. The number of nitrogens with zero attached hydrogens (tertiary/aromatic N) is 2. The monoisotopic (exact) mass is 497 g/mol. The first kappa shape index (κ1) is 25.1. The van der Waals surface area contributed by atoms with Gasteiger partial charge in [0.2, 0.25) is 0 Å². The lowest BCUT2D eigenvalue weighted by Crippen LogP contribution is -2.49. The number of halogens is 6. The highest BCUT2D eigenvalue weighted by atomic mass is 32.2. The number of hydrogen-bond acceptors (Lipinski definition) is 4. The third kappa shape index (κ3) is 6.08. The molecule has 1 saturated heterocycles. The summed E-state index contributed by atoms with van der Waals surface area (Å²) >= 11 is -2.63. The van der Waals surface area contributed by atoms with E-state index in [2.05, 4.69) is 4.74 Å². The Kier molecular flexibility index (Phi) is 7.42. The average molecular weight is 497 g/mol. The molecular weight excluding hydrogens is 478 g/mol. The van der Waals surface area contributed by atoms with Crippen LogP contribution in [0.1, 0.15) is 12.8 Å². The Hall–Kier alpha value is -2.54. The van der Waals surface area contributed by atoms with Crippen LogP contribution in [-0.2, 0) is 16.0 Å². The first-order valence-electron chi connectivity index (χ1n) is 9.81. The van der Waals surface area contributed by atoms with Crippen molar-refractivity contribution in [1.29, 1.82) is 0 Å². The van der Waals surface area contributed by atoms with Crippen molar-refractivity contribution >= 4 is 33.8 Å². The van der Waals surface area contributed by atoms with Gasteiger partial charge in [-0.25, -0.2) is 4.79 Å². The van der Waals surface area contributed by atoms with E-state index < -0.39 is 35.8 Å². The van der Waals surface area contributed by atoms with Gasteiger partial charge in [-0.15, -0.1) is 0 Å². The first-order chi connectivity index (χ1) is 15.4. The summed E-state index contributed by atoms with van der Waals surface area (Å²) in [5.74, 6) is -0.271. The smallest absolute Gasteiger partial charge is 0.434 e. The Morgan fingerprint density at radius 1 is 1.06 bits per heavy atom. The molecule has 1 aliphatic heterocycles. The quantitative estimate of drug-likeness (QED) is 0.440. The Bertz CT molecular complexity index is 989. The minimum atomic E-state index is -5.79. The first-order valence-corrected chi connectivity index (χ1v) is 10.8. The molecule has 2 aromatic carbocycles. The second kappa shape index (κ2) is 9.75. The Morgan fingerprint density at radius 2 is 1.64 bits per heavy atom. The molecule has 0 spiro atoms. The predicted molar refractivity (Wildman–Crippen MR) is 107 cm³/mol. The summed E-state index contributed by atoms with van der Waals surface area (Å²) in [6, 6.07) is 12.3. The van der Waals surface area contributed by atoms with Crippen LogP contribution in [0, 0.1) is 5.92 Å². The van der Waals surface area contributed by atoms with E-state index in [0.717, 1.165) is 14.6 Å². The van der Waals surface area contributed by atoms with Gasteiger partial charge in [0, 0.05) is 36.3 Å². The molecule has 2 aromatic rings. The zero-order valence-corrected chi connectivity index (χ0v) is 17.8. The van der Waals surface area contributed by atoms with Crippen LogP contribution in [0.3, 0.4) is 0 Å². The number of alkyl halides is 6. The number of carbonyl (C=O) groups excluding carboxylic acids is 1. The Morgan fingerprint density at radius 3 is 2.21 bits per heavy atom. The predicted octanol–water partition coefficient (Wildman–Crippen LogP) is 4.78. The van der Waals surface area contributed by atoms with Gasteiger partial charge in [0.05, 0.1) is 5.69 Å². The summed E-state index contributed by atoms with van der Waals surface area (Å²) in [4.78, 5) is 12.7. The molecule has 3 rings (SSSR count). The molecule has 33 heavy (non-hydrogen) atoms. The third-order valence-corrected chi connectivity index (χ3v) is 6.03. The molecule has 0 radical (unpaired) electrons. The molecule has 0 bridgehead atoms. The van der Waals surface area contributed by atoms with Crippen molar-refractivity contribution in [2.75, 3.05) is 23.9 Å². The van der Waals surface area contributed by atoms with Gasteiger partial charge in [0.25, 0.3) is 6.10 Å². The van der Waals surface area contributed by atoms with Crippen molar-refractivity contribution in [2.45, 2.75) is 31.3 Å². The molecule has 13 heteroatoms. The molecule has 1 unspecified atom stereocenters. The SMILES string of the molecule is O=C(OC(C(F)(F)F)C(F)(F)F)N1CCC(CN(c2cccc3ccccc23)S(=O)[O-])CC1. The van der Waals surface area contributed by atoms with Crippen LogP contribution in [-0.4, -0.2) is 57.8 Å². The van der Waals surface area contributed by atoms with E-state index in [1.807, 2.05) is 18.2 Å². The van der Waals surface area contributed by atoms with E-state index in [1.54, 1.807) is 24.3 Å². The van der Waals surface area contributed by atoms with Crippen LogP contribution in [0.5, 0.6) is 0 Å². The van der Waals surface area contributed by atoms with E-state index >= 15 is 0 Å². The number of carbonyl (C=O) groups is 1. The normalized spacial score (nSPS) is 16.8. The highest BCUT2D eigenvalue weighted by Crippen LogP contribution is 2.36. The third-order valence-electron chi connectivity index (χ3n) is 5.33. The molecule has 182 valence electrons. The van der Waals surface area contributed by atoms with Gasteiger partial charge in [0.1, 0.15) is 0 Å². The van der Waals surface area contributed by atoms with Gasteiger partial charge in [-0.05, 0) is 30.2 Å². The van der Waals surface area contributed by atoms with Crippen molar-refractivity contribution in [3.63, 3.8) is 0 Å². The molecule has 0 aliphatic carbocycles. The molecular formula is C20H19F6N2O4S-. The van der Waals surface area contributed by atoms with Crippen LogP contribution in [0.15, 0.2) is 42.5 Å². The van der Waals surface area contributed by atoms with Gasteiger partial charge < -0.3 is 18.5 Å². The number of ether oxygens (including phenoxy) is 1. The van der Waals surface area contributed by atoms with Gasteiger partial charge in [-0.3, -0.25) is 4.21 Å². The molecule has 0 saturated carbocycles. The number of likely N-dealkylation sites (tertiary alicyclic amines) is 1. The highest BCUT2D eigenvalue weighted by Gasteiger charge is 2.60. The zero-order valence-electron chi connectivity index (χ0n) is 16.9. The van der Waals surface area contributed by atoms with Crippen LogP contribution < -0.4 is 4.31 Å². The molecule has 0 N–H and O–H groups in total. The summed E-state index contributed by atoms with van der Waals surface area (Å²) < 4.78 is 104. The number of hydrogen-bond donors (Lipinski definition) is 0. The molecule has 1 aliphatic rings. The van der Waals surface area contributed by atoms with Crippen molar-refractivity contribution in [2.24, 2.45) is 5.92 Å². The van der Waals surface area contributed by atoms with Crippen LogP contribution >= 0.6 is 0 Å². The second-order valence-electron chi connectivity index (χ2n) is 7.55. The van der Waals surface area contributed by atoms with Crippen LogP contribution in [0.4, 0.5) is 36.8 Å². The lowest BCUT2D eigenvalue weighted by molar-refractivity contribution is -0.308. The molecule has 1 amide bonds.